The fraction of sp³-hybridized carbons (Fsp3) is 0.0769. The molecule has 0 saturated heterocycles. The van der Waals surface area contributed by atoms with Crippen molar-refractivity contribution in [2.45, 2.75) is 6.92 Å². The summed E-state index contributed by atoms with van der Waals surface area (Å²) in [5.74, 6) is -0.0253. The SMILES string of the molecule is CC(=O)c1ccc(-c2ccc(Cl)cc2)cn1. The molecule has 3 heteroatoms. The molecule has 0 bridgehead atoms. The first-order chi connectivity index (χ1) is 7.66. The molecule has 2 aromatic rings. The first kappa shape index (κ1) is 10.8. The minimum atomic E-state index is -0.0253. The molecule has 1 aromatic heterocycles. The molecule has 0 radical (unpaired) electrons. The van der Waals surface area contributed by atoms with Gasteiger partial charge in [0.25, 0.3) is 0 Å². The molecule has 2 nitrogen and oxygen atoms in total. The van der Waals surface area contributed by atoms with E-state index in [0.717, 1.165) is 11.1 Å². The van der Waals surface area contributed by atoms with Crippen LogP contribution < -0.4 is 0 Å². The highest BCUT2D eigenvalue weighted by molar-refractivity contribution is 6.30. The summed E-state index contributed by atoms with van der Waals surface area (Å²) in [4.78, 5) is 15.2. The summed E-state index contributed by atoms with van der Waals surface area (Å²) < 4.78 is 0. The van der Waals surface area contributed by atoms with Crippen molar-refractivity contribution in [3.05, 3.63) is 53.3 Å². The van der Waals surface area contributed by atoms with Gasteiger partial charge in [0.1, 0.15) is 5.69 Å². The van der Waals surface area contributed by atoms with Crippen LogP contribution in [0.4, 0.5) is 0 Å². The Morgan fingerprint density at radius 1 is 1.06 bits per heavy atom. The van der Waals surface area contributed by atoms with Crippen molar-refractivity contribution in [1.29, 1.82) is 0 Å². The van der Waals surface area contributed by atoms with Crippen LogP contribution >= 0.6 is 11.6 Å². The Morgan fingerprint density at radius 3 is 2.19 bits per heavy atom. The van der Waals surface area contributed by atoms with Gasteiger partial charge < -0.3 is 0 Å². The molecule has 80 valence electrons. The van der Waals surface area contributed by atoms with Gasteiger partial charge in [-0.1, -0.05) is 29.8 Å². The van der Waals surface area contributed by atoms with E-state index in [4.69, 9.17) is 11.6 Å². The first-order valence-corrected chi connectivity index (χ1v) is 5.27. The molecule has 0 spiro atoms. The lowest BCUT2D eigenvalue weighted by Gasteiger charge is -2.02. The average molecular weight is 232 g/mol. The molecule has 0 aliphatic carbocycles. The number of rotatable bonds is 2. The molecular weight excluding hydrogens is 222 g/mol. The Kier molecular flexibility index (Phi) is 3.02. The third kappa shape index (κ3) is 2.28. The van der Waals surface area contributed by atoms with E-state index in [1.54, 1.807) is 12.3 Å². The van der Waals surface area contributed by atoms with Crippen LogP contribution in [-0.2, 0) is 0 Å². The van der Waals surface area contributed by atoms with Gasteiger partial charge in [-0.25, -0.2) is 0 Å². The largest absolute Gasteiger partial charge is 0.293 e. The number of ketones is 1. The fourth-order valence-electron chi connectivity index (χ4n) is 1.42. The second-order valence-electron chi connectivity index (χ2n) is 3.50. The maximum atomic E-state index is 11.1. The smallest absolute Gasteiger partial charge is 0.178 e. The van der Waals surface area contributed by atoms with E-state index < -0.39 is 0 Å². The van der Waals surface area contributed by atoms with Crippen LogP contribution in [0.5, 0.6) is 0 Å². The maximum absolute atomic E-state index is 11.1. The van der Waals surface area contributed by atoms with Gasteiger partial charge in [0.05, 0.1) is 0 Å². The van der Waals surface area contributed by atoms with Gasteiger partial charge in [0.2, 0.25) is 0 Å². The molecule has 0 fully saturated rings. The topological polar surface area (TPSA) is 30.0 Å². The standard InChI is InChI=1S/C13H10ClNO/c1-9(16)13-7-4-11(8-15-13)10-2-5-12(14)6-3-10/h2-8H,1H3. The number of carbonyl (C=O) groups excluding carboxylic acids is 1. The number of hydrogen-bond acceptors (Lipinski definition) is 2. The zero-order valence-electron chi connectivity index (χ0n) is 8.77. The number of nitrogens with zero attached hydrogens (tertiary/aromatic N) is 1. The van der Waals surface area contributed by atoms with E-state index in [-0.39, 0.29) is 5.78 Å². The molecule has 1 heterocycles. The number of hydrogen-bond donors (Lipinski definition) is 0. The summed E-state index contributed by atoms with van der Waals surface area (Å²) in [6.07, 6.45) is 1.69. The van der Waals surface area contributed by atoms with Crippen molar-refractivity contribution in [3.8, 4) is 11.1 Å². The Morgan fingerprint density at radius 2 is 1.69 bits per heavy atom. The van der Waals surface area contributed by atoms with Crippen LogP contribution in [0.3, 0.4) is 0 Å². The molecular formula is C13H10ClNO. The van der Waals surface area contributed by atoms with Crippen LogP contribution in [0.1, 0.15) is 17.4 Å². The molecule has 2 rings (SSSR count). The van der Waals surface area contributed by atoms with Crippen LogP contribution in [-0.4, -0.2) is 10.8 Å². The molecule has 0 amide bonds. The summed E-state index contributed by atoms with van der Waals surface area (Å²) in [5, 5.41) is 0.706. The summed E-state index contributed by atoms with van der Waals surface area (Å²) in [6, 6.07) is 11.1. The molecule has 1 aromatic carbocycles. The summed E-state index contributed by atoms with van der Waals surface area (Å²) in [7, 11) is 0. The first-order valence-electron chi connectivity index (χ1n) is 4.90. The van der Waals surface area contributed by atoms with Crippen LogP contribution in [0.2, 0.25) is 5.02 Å². The van der Waals surface area contributed by atoms with Crippen molar-refractivity contribution in [3.63, 3.8) is 0 Å². The zero-order chi connectivity index (χ0) is 11.5. The van der Waals surface area contributed by atoms with Gasteiger partial charge in [-0.05, 0) is 23.8 Å². The Balaban J connectivity index is 2.34. The summed E-state index contributed by atoms with van der Waals surface area (Å²) in [5.41, 5.74) is 2.49. The molecule has 0 N–H and O–H groups in total. The van der Waals surface area contributed by atoms with Gasteiger partial charge in [0.15, 0.2) is 5.78 Å². The van der Waals surface area contributed by atoms with Crippen LogP contribution in [0.25, 0.3) is 11.1 Å². The van der Waals surface area contributed by atoms with Crippen LogP contribution in [0.15, 0.2) is 42.6 Å². The third-order valence-electron chi connectivity index (χ3n) is 2.30. The summed E-state index contributed by atoms with van der Waals surface area (Å²) in [6.45, 7) is 1.50. The van der Waals surface area contributed by atoms with Crippen molar-refractivity contribution >= 4 is 17.4 Å². The quantitative estimate of drug-likeness (QED) is 0.739. The van der Waals surface area contributed by atoms with Crippen molar-refractivity contribution in [2.24, 2.45) is 0 Å². The highest BCUT2D eigenvalue weighted by atomic mass is 35.5. The summed E-state index contributed by atoms with van der Waals surface area (Å²) >= 11 is 5.81. The second kappa shape index (κ2) is 4.45. The minimum absolute atomic E-state index is 0.0253. The lowest BCUT2D eigenvalue weighted by Crippen LogP contribution is -1.95. The normalized spacial score (nSPS) is 10.1. The number of carbonyl (C=O) groups is 1. The second-order valence-corrected chi connectivity index (χ2v) is 3.93. The van der Waals surface area contributed by atoms with E-state index in [9.17, 15) is 4.79 Å². The van der Waals surface area contributed by atoms with E-state index in [2.05, 4.69) is 4.98 Å². The van der Waals surface area contributed by atoms with Crippen LogP contribution in [0, 0.1) is 0 Å². The maximum Gasteiger partial charge on any atom is 0.178 e. The minimum Gasteiger partial charge on any atom is -0.293 e. The molecule has 0 aliphatic heterocycles. The molecule has 0 unspecified atom stereocenters. The highest BCUT2D eigenvalue weighted by Gasteiger charge is 2.02. The molecule has 0 atom stereocenters. The number of halogens is 1. The third-order valence-corrected chi connectivity index (χ3v) is 2.55. The number of pyridine rings is 1. The van der Waals surface area contributed by atoms with Gasteiger partial charge in [0, 0.05) is 23.7 Å². The zero-order valence-corrected chi connectivity index (χ0v) is 9.53. The average Bonchev–Trinajstić information content (AvgIpc) is 2.30. The molecule has 0 saturated carbocycles. The van der Waals surface area contributed by atoms with Crippen molar-refractivity contribution in [2.75, 3.05) is 0 Å². The lowest BCUT2D eigenvalue weighted by molar-refractivity contribution is 0.101. The number of aromatic nitrogens is 1. The van der Waals surface area contributed by atoms with Gasteiger partial charge >= 0.3 is 0 Å². The monoisotopic (exact) mass is 231 g/mol. The Hall–Kier alpha value is -1.67. The lowest BCUT2D eigenvalue weighted by atomic mass is 10.1. The van der Waals surface area contributed by atoms with E-state index >= 15 is 0 Å². The van der Waals surface area contributed by atoms with E-state index in [1.165, 1.54) is 6.92 Å². The molecule has 16 heavy (non-hydrogen) atoms. The van der Waals surface area contributed by atoms with E-state index in [1.807, 2.05) is 30.3 Å². The molecule has 0 aliphatic rings. The number of benzene rings is 1. The van der Waals surface area contributed by atoms with Gasteiger partial charge in [-0.15, -0.1) is 0 Å². The Bertz CT molecular complexity index is 502. The highest BCUT2D eigenvalue weighted by Crippen LogP contribution is 2.20. The van der Waals surface area contributed by atoms with Gasteiger partial charge in [-0.2, -0.15) is 0 Å². The van der Waals surface area contributed by atoms with Crippen molar-refractivity contribution in [1.82, 2.24) is 4.98 Å². The fourth-order valence-corrected chi connectivity index (χ4v) is 1.54. The predicted octanol–water partition coefficient (Wildman–Crippen LogP) is 3.60. The van der Waals surface area contributed by atoms with E-state index in [0.29, 0.717) is 10.7 Å². The predicted molar refractivity (Wildman–Crippen MR) is 64.7 cm³/mol. The Labute approximate surface area is 98.9 Å². The number of Topliss-reactive ketones (excluding diaryl/α,β-unsaturated/α-hetero) is 1. The van der Waals surface area contributed by atoms with Gasteiger partial charge in [-0.3, -0.25) is 9.78 Å². The van der Waals surface area contributed by atoms with Crippen molar-refractivity contribution < 1.29 is 4.79 Å².